The van der Waals surface area contributed by atoms with Gasteiger partial charge >= 0.3 is 0 Å². The van der Waals surface area contributed by atoms with Crippen LogP contribution in [0.5, 0.6) is 0 Å². The van der Waals surface area contributed by atoms with Gasteiger partial charge in [0, 0.05) is 6.04 Å². The Balaban J connectivity index is 1.59. The van der Waals surface area contributed by atoms with Crippen molar-refractivity contribution in [2.75, 3.05) is 26.7 Å². The van der Waals surface area contributed by atoms with E-state index in [0.29, 0.717) is 0 Å². The molecule has 0 bridgehead atoms. The minimum absolute atomic E-state index is 0.778. The lowest BCUT2D eigenvalue weighted by atomic mass is 9.97. The summed E-state index contributed by atoms with van der Waals surface area (Å²) in [6.45, 7) is 3.72. The lowest BCUT2D eigenvalue weighted by Crippen LogP contribution is -2.41. The number of hydrogen-bond donors (Lipinski definition) is 1. The Labute approximate surface area is 100 Å². The molecule has 0 aromatic rings. The normalized spacial score (nSPS) is 24.4. The molecule has 0 saturated carbocycles. The molecule has 0 amide bonds. The lowest BCUT2D eigenvalue weighted by Gasteiger charge is -2.29. The molecule has 0 atom stereocenters. The van der Waals surface area contributed by atoms with Crippen molar-refractivity contribution in [1.82, 2.24) is 10.2 Å². The van der Waals surface area contributed by atoms with Crippen molar-refractivity contribution < 1.29 is 0 Å². The van der Waals surface area contributed by atoms with Crippen LogP contribution in [0.15, 0.2) is 11.6 Å². The number of nitrogens with one attached hydrogen (secondary N) is 1. The molecule has 0 spiro atoms. The second-order valence-electron chi connectivity index (χ2n) is 5.39. The van der Waals surface area contributed by atoms with Gasteiger partial charge in [0.2, 0.25) is 0 Å². The third-order valence-electron chi connectivity index (χ3n) is 3.98. The monoisotopic (exact) mass is 222 g/mol. The van der Waals surface area contributed by atoms with Crippen LogP contribution in [0.25, 0.3) is 0 Å². The second-order valence-corrected chi connectivity index (χ2v) is 5.39. The van der Waals surface area contributed by atoms with E-state index in [9.17, 15) is 0 Å². The predicted molar refractivity (Wildman–Crippen MR) is 69.7 cm³/mol. The third kappa shape index (κ3) is 3.91. The molecule has 0 radical (unpaired) electrons. The van der Waals surface area contributed by atoms with Gasteiger partial charge in [-0.1, -0.05) is 11.6 Å². The second kappa shape index (κ2) is 6.41. The Morgan fingerprint density at radius 2 is 2.12 bits per heavy atom. The molecule has 92 valence electrons. The predicted octanol–water partition coefficient (Wildman–Crippen LogP) is 2.56. The van der Waals surface area contributed by atoms with E-state index in [0.717, 1.165) is 6.04 Å². The summed E-state index contributed by atoms with van der Waals surface area (Å²) in [5.41, 5.74) is 1.70. The molecule has 1 aliphatic carbocycles. The van der Waals surface area contributed by atoms with Crippen molar-refractivity contribution in [3.63, 3.8) is 0 Å². The summed E-state index contributed by atoms with van der Waals surface area (Å²) in [4.78, 5) is 2.43. The first-order valence-corrected chi connectivity index (χ1v) is 6.94. The number of allylic oxidation sites excluding steroid dienone is 1. The van der Waals surface area contributed by atoms with Gasteiger partial charge in [0.25, 0.3) is 0 Å². The lowest BCUT2D eigenvalue weighted by molar-refractivity contribution is 0.235. The molecular formula is C14H26N2. The maximum absolute atomic E-state index is 3.72. The molecule has 16 heavy (non-hydrogen) atoms. The van der Waals surface area contributed by atoms with E-state index in [4.69, 9.17) is 0 Å². The van der Waals surface area contributed by atoms with Crippen LogP contribution >= 0.6 is 0 Å². The Morgan fingerprint density at radius 3 is 2.81 bits per heavy atom. The first kappa shape index (κ1) is 12.1. The molecule has 1 fully saturated rings. The van der Waals surface area contributed by atoms with Gasteiger partial charge in [-0.3, -0.25) is 0 Å². The SMILES string of the molecule is CN1CCC(NCCC2=CCCCC2)CC1. The van der Waals surface area contributed by atoms with Crippen LogP contribution in [-0.4, -0.2) is 37.6 Å². The number of nitrogens with zero attached hydrogens (tertiary/aromatic N) is 1. The fourth-order valence-corrected chi connectivity index (χ4v) is 2.78. The van der Waals surface area contributed by atoms with E-state index in [1.54, 1.807) is 5.57 Å². The molecule has 1 saturated heterocycles. The van der Waals surface area contributed by atoms with Crippen molar-refractivity contribution >= 4 is 0 Å². The highest BCUT2D eigenvalue weighted by Crippen LogP contribution is 2.19. The first-order chi connectivity index (χ1) is 7.84. The van der Waals surface area contributed by atoms with Gasteiger partial charge < -0.3 is 10.2 Å². The first-order valence-electron chi connectivity index (χ1n) is 6.94. The zero-order valence-corrected chi connectivity index (χ0v) is 10.7. The van der Waals surface area contributed by atoms with Crippen LogP contribution in [0.2, 0.25) is 0 Å². The molecule has 0 unspecified atom stereocenters. The van der Waals surface area contributed by atoms with E-state index < -0.39 is 0 Å². The van der Waals surface area contributed by atoms with Crippen LogP contribution in [0.3, 0.4) is 0 Å². The molecule has 1 heterocycles. The number of rotatable bonds is 4. The zero-order chi connectivity index (χ0) is 11.2. The largest absolute Gasteiger partial charge is 0.314 e. The van der Waals surface area contributed by atoms with Crippen molar-refractivity contribution in [1.29, 1.82) is 0 Å². The molecule has 2 heteroatoms. The molecule has 2 rings (SSSR count). The summed E-state index contributed by atoms with van der Waals surface area (Å²) in [7, 11) is 2.23. The topological polar surface area (TPSA) is 15.3 Å². The quantitative estimate of drug-likeness (QED) is 0.735. The third-order valence-corrected chi connectivity index (χ3v) is 3.98. The van der Waals surface area contributed by atoms with E-state index in [1.807, 2.05) is 0 Å². The van der Waals surface area contributed by atoms with Crippen LogP contribution in [0.1, 0.15) is 44.9 Å². The van der Waals surface area contributed by atoms with Crippen molar-refractivity contribution in [3.05, 3.63) is 11.6 Å². The van der Waals surface area contributed by atoms with Crippen molar-refractivity contribution in [3.8, 4) is 0 Å². The van der Waals surface area contributed by atoms with E-state index >= 15 is 0 Å². The van der Waals surface area contributed by atoms with Crippen LogP contribution in [0.4, 0.5) is 0 Å². The van der Waals surface area contributed by atoms with Gasteiger partial charge in [0.05, 0.1) is 0 Å². The van der Waals surface area contributed by atoms with E-state index in [1.165, 1.54) is 64.6 Å². The summed E-state index contributed by atoms with van der Waals surface area (Å²) >= 11 is 0. The molecule has 0 aromatic carbocycles. The summed E-state index contributed by atoms with van der Waals surface area (Å²) in [5, 5.41) is 3.72. The highest BCUT2D eigenvalue weighted by molar-refractivity contribution is 5.05. The van der Waals surface area contributed by atoms with Gasteiger partial charge in [-0.25, -0.2) is 0 Å². The van der Waals surface area contributed by atoms with Gasteiger partial charge in [-0.15, -0.1) is 0 Å². The Morgan fingerprint density at radius 1 is 1.31 bits per heavy atom. The number of piperidine rings is 1. The Bertz CT molecular complexity index is 227. The highest BCUT2D eigenvalue weighted by Gasteiger charge is 2.15. The molecular weight excluding hydrogens is 196 g/mol. The van der Waals surface area contributed by atoms with Crippen LogP contribution in [0, 0.1) is 0 Å². The van der Waals surface area contributed by atoms with Gasteiger partial charge in [0.1, 0.15) is 0 Å². The highest BCUT2D eigenvalue weighted by atomic mass is 15.1. The van der Waals surface area contributed by atoms with Gasteiger partial charge in [-0.05, 0) is 71.6 Å². The minimum Gasteiger partial charge on any atom is -0.314 e. The van der Waals surface area contributed by atoms with E-state index in [2.05, 4.69) is 23.3 Å². The smallest absolute Gasteiger partial charge is 0.00915 e. The maximum Gasteiger partial charge on any atom is 0.00915 e. The average Bonchev–Trinajstić information content (AvgIpc) is 2.33. The van der Waals surface area contributed by atoms with Gasteiger partial charge in [0.15, 0.2) is 0 Å². The molecule has 1 aliphatic heterocycles. The molecule has 2 aliphatic rings. The summed E-state index contributed by atoms with van der Waals surface area (Å²) in [6, 6.07) is 0.778. The standard InChI is InChI=1S/C14H26N2/c1-16-11-8-14(9-12-16)15-10-7-13-5-3-2-4-6-13/h5,14-15H,2-4,6-12H2,1H3. The number of likely N-dealkylation sites (tertiary alicyclic amines) is 1. The van der Waals surface area contributed by atoms with Crippen LogP contribution < -0.4 is 5.32 Å². The minimum atomic E-state index is 0.778. The fourth-order valence-electron chi connectivity index (χ4n) is 2.78. The Kier molecular flexibility index (Phi) is 4.86. The van der Waals surface area contributed by atoms with Gasteiger partial charge in [-0.2, -0.15) is 0 Å². The summed E-state index contributed by atoms with van der Waals surface area (Å²) < 4.78 is 0. The van der Waals surface area contributed by atoms with Crippen molar-refractivity contribution in [2.45, 2.75) is 51.0 Å². The molecule has 1 N–H and O–H groups in total. The van der Waals surface area contributed by atoms with Crippen LogP contribution in [-0.2, 0) is 0 Å². The summed E-state index contributed by atoms with van der Waals surface area (Å²) in [5.74, 6) is 0. The fraction of sp³-hybridized carbons (Fsp3) is 0.857. The molecule has 2 nitrogen and oxygen atoms in total. The van der Waals surface area contributed by atoms with E-state index in [-0.39, 0.29) is 0 Å². The summed E-state index contributed by atoms with van der Waals surface area (Å²) in [6.07, 6.45) is 11.9. The Hall–Kier alpha value is -0.340. The van der Waals surface area contributed by atoms with Crippen molar-refractivity contribution in [2.24, 2.45) is 0 Å². The zero-order valence-electron chi connectivity index (χ0n) is 10.7. The molecule has 0 aromatic heterocycles. The number of hydrogen-bond acceptors (Lipinski definition) is 2. The maximum atomic E-state index is 3.72. The average molecular weight is 222 g/mol.